The SMILES string of the molecule is CCNC1=C2NC(=O)C(C)(N3CC[C@H](F)[C@@H](Nc4ccc(C#N)nc4)C3)C2CC(F)=C1. The van der Waals surface area contributed by atoms with Crippen LogP contribution >= 0.6 is 0 Å². The average Bonchev–Trinajstić information content (AvgIpc) is 3.02. The zero-order valence-corrected chi connectivity index (χ0v) is 17.6. The highest BCUT2D eigenvalue weighted by molar-refractivity contribution is 5.92. The molecule has 2 fully saturated rings. The summed E-state index contributed by atoms with van der Waals surface area (Å²) in [7, 11) is 0. The molecule has 4 rings (SSSR count). The summed E-state index contributed by atoms with van der Waals surface area (Å²) in [5.41, 5.74) is 1.22. The highest BCUT2D eigenvalue weighted by Gasteiger charge is 2.56. The zero-order valence-electron chi connectivity index (χ0n) is 17.6. The second-order valence-corrected chi connectivity index (χ2v) is 8.35. The van der Waals surface area contributed by atoms with Gasteiger partial charge in [0.05, 0.1) is 23.6 Å². The monoisotopic (exact) mass is 428 g/mol. The van der Waals surface area contributed by atoms with E-state index in [1.807, 2.05) is 24.8 Å². The maximum atomic E-state index is 14.8. The predicted molar refractivity (Wildman–Crippen MR) is 112 cm³/mol. The topological polar surface area (TPSA) is 93.1 Å². The van der Waals surface area contributed by atoms with Gasteiger partial charge >= 0.3 is 0 Å². The maximum Gasteiger partial charge on any atom is 0.245 e. The van der Waals surface area contributed by atoms with Gasteiger partial charge < -0.3 is 16.0 Å². The standard InChI is InChI=1S/C22H26F2N6O/c1-3-26-18-9-13(23)8-16-20(18)29-21(31)22(16,2)30-7-6-17(24)19(12-30)28-15-5-4-14(10-25)27-11-15/h4-5,9,11,16-17,19,26,28H,3,6-8,12H2,1-2H3,(H,29,31)/t16?,17-,19-,22?/m0/s1. The van der Waals surface area contributed by atoms with E-state index in [9.17, 15) is 13.6 Å². The molecule has 0 aromatic carbocycles. The van der Waals surface area contributed by atoms with E-state index in [2.05, 4.69) is 20.9 Å². The number of nitrogens with one attached hydrogen (secondary N) is 3. The molecule has 1 aromatic rings. The predicted octanol–water partition coefficient (Wildman–Crippen LogP) is 2.36. The minimum atomic E-state index is -1.10. The van der Waals surface area contributed by atoms with Crippen molar-refractivity contribution >= 4 is 11.6 Å². The van der Waals surface area contributed by atoms with Gasteiger partial charge in [0.25, 0.3) is 0 Å². The number of nitrogens with zero attached hydrogens (tertiary/aromatic N) is 3. The van der Waals surface area contributed by atoms with E-state index < -0.39 is 17.8 Å². The fourth-order valence-electron chi connectivity index (χ4n) is 4.76. The second-order valence-electron chi connectivity index (χ2n) is 8.35. The number of likely N-dealkylation sites (tertiary alicyclic amines) is 1. The number of rotatable bonds is 5. The third-order valence-corrected chi connectivity index (χ3v) is 6.51. The lowest BCUT2D eigenvalue weighted by Crippen LogP contribution is -2.62. The van der Waals surface area contributed by atoms with Gasteiger partial charge in [0, 0.05) is 37.7 Å². The molecule has 164 valence electrons. The number of piperidine rings is 1. The lowest BCUT2D eigenvalue weighted by atomic mass is 9.78. The Hall–Kier alpha value is -2.99. The van der Waals surface area contributed by atoms with Crippen LogP contribution in [-0.4, -0.2) is 53.2 Å². The van der Waals surface area contributed by atoms with Crippen molar-refractivity contribution in [3.63, 3.8) is 0 Å². The summed E-state index contributed by atoms with van der Waals surface area (Å²) in [6.07, 6.45) is 2.23. The van der Waals surface area contributed by atoms with Crippen molar-refractivity contribution in [3.8, 4) is 6.07 Å². The number of amides is 1. The quantitative estimate of drug-likeness (QED) is 0.667. The molecule has 9 heteroatoms. The van der Waals surface area contributed by atoms with Crippen molar-refractivity contribution in [2.24, 2.45) is 5.92 Å². The molecule has 1 aliphatic carbocycles. The molecule has 0 bridgehead atoms. The van der Waals surface area contributed by atoms with Crippen molar-refractivity contribution in [1.82, 2.24) is 20.5 Å². The smallest absolute Gasteiger partial charge is 0.245 e. The molecule has 1 amide bonds. The van der Waals surface area contributed by atoms with Crippen LogP contribution < -0.4 is 16.0 Å². The Labute approximate surface area is 180 Å². The van der Waals surface area contributed by atoms with Gasteiger partial charge in [-0.2, -0.15) is 5.26 Å². The molecule has 1 aromatic heterocycles. The third-order valence-electron chi connectivity index (χ3n) is 6.51. The van der Waals surface area contributed by atoms with E-state index in [1.54, 1.807) is 12.1 Å². The first-order chi connectivity index (χ1) is 14.9. The first-order valence-electron chi connectivity index (χ1n) is 10.5. The van der Waals surface area contributed by atoms with Gasteiger partial charge in [-0.15, -0.1) is 0 Å². The number of fused-ring (bicyclic) bond motifs is 1. The van der Waals surface area contributed by atoms with E-state index in [4.69, 9.17) is 5.26 Å². The molecular weight excluding hydrogens is 402 g/mol. The van der Waals surface area contributed by atoms with Gasteiger partial charge in [0.15, 0.2) is 0 Å². The van der Waals surface area contributed by atoms with Crippen molar-refractivity contribution in [3.05, 3.63) is 47.3 Å². The number of hydrogen-bond donors (Lipinski definition) is 3. The number of halogens is 2. The van der Waals surface area contributed by atoms with Crippen LogP contribution in [-0.2, 0) is 4.79 Å². The molecule has 2 saturated heterocycles. The summed E-state index contributed by atoms with van der Waals surface area (Å²) in [6.45, 7) is 5.04. The Kier molecular flexibility index (Phi) is 5.67. The number of pyridine rings is 1. The van der Waals surface area contributed by atoms with Crippen LogP contribution in [0, 0.1) is 17.2 Å². The highest BCUT2D eigenvalue weighted by atomic mass is 19.1. The lowest BCUT2D eigenvalue weighted by Gasteiger charge is -2.46. The number of allylic oxidation sites excluding steroid dienone is 2. The number of anilines is 1. The minimum absolute atomic E-state index is 0.132. The Morgan fingerprint density at radius 1 is 1.45 bits per heavy atom. The third kappa shape index (κ3) is 3.76. The molecule has 31 heavy (non-hydrogen) atoms. The van der Waals surface area contributed by atoms with Crippen LogP contribution in [0.4, 0.5) is 14.5 Å². The molecule has 3 heterocycles. The molecule has 2 unspecified atom stereocenters. The molecular formula is C22H26F2N6O. The fourth-order valence-corrected chi connectivity index (χ4v) is 4.76. The second kappa shape index (κ2) is 8.27. The first kappa shape index (κ1) is 21.2. The number of carbonyl (C=O) groups is 1. The molecule has 3 aliphatic rings. The van der Waals surface area contributed by atoms with E-state index in [0.717, 1.165) is 0 Å². The van der Waals surface area contributed by atoms with Crippen molar-refractivity contribution in [1.29, 1.82) is 5.26 Å². The number of likely N-dealkylation sites (N-methyl/N-ethyl adjacent to an activating group) is 1. The Balaban J connectivity index is 1.57. The zero-order chi connectivity index (χ0) is 22.2. The van der Waals surface area contributed by atoms with Crippen molar-refractivity contribution in [2.45, 2.75) is 44.4 Å². The largest absolute Gasteiger partial charge is 0.384 e. The average molecular weight is 428 g/mol. The van der Waals surface area contributed by atoms with Crippen LogP contribution in [0.25, 0.3) is 0 Å². The van der Waals surface area contributed by atoms with E-state index in [1.165, 1.54) is 12.3 Å². The number of nitriles is 1. The summed E-state index contributed by atoms with van der Waals surface area (Å²) in [5.74, 6) is -0.833. The first-order valence-corrected chi connectivity index (χ1v) is 10.5. The van der Waals surface area contributed by atoms with Crippen LogP contribution in [0.2, 0.25) is 0 Å². The van der Waals surface area contributed by atoms with Crippen LogP contribution in [0.3, 0.4) is 0 Å². The summed E-state index contributed by atoms with van der Waals surface area (Å²) >= 11 is 0. The molecule has 0 radical (unpaired) electrons. The summed E-state index contributed by atoms with van der Waals surface area (Å²) in [4.78, 5) is 19.1. The van der Waals surface area contributed by atoms with Gasteiger partial charge in [0.1, 0.15) is 29.3 Å². The number of aromatic nitrogens is 1. The maximum absolute atomic E-state index is 14.8. The summed E-state index contributed by atoms with van der Waals surface area (Å²) < 4.78 is 29.2. The summed E-state index contributed by atoms with van der Waals surface area (Å²) in [6, 6.07) is 4.65. The lowest BCUT2D eigenvalue weighted by molar-refractivity contribution is -0.132. The molecule has 0 saturated carbocycles. The van der Waals surface area contributed by atoms with Crippen LogP contribution in [0.15, 0.2) is 41.6 Å². The number of alkyl halides is 1. The van der Waals surface area contributed by atoms with Gasteiger partial charge in [-0.05, 0) is 38.5 Å². The number of carbonyl (C=O) groups excluding carboxylic acids is 1. The van der Waals surface area contributed by atoms with Crippen molar-refractivity contribution < 1.29 is 13.6 Å². The number of hydrogen-bond acceptors (Lipinski definition) is 6. The van der Waals surface area contributed by atoms with Crippen LogP contribution in [0.1, 0.15) is 32.4 Å². The Bertz CT molecular complexity index is 969. The molecule has 4 atom stereocenters. The Morgan fingerprint density at radius 2 is 2.26 bits per heavy atom. The normalized spacial score (nSPS) is 30.9. The molecule has 2 aliphatic heterocycles. The van der Waals surface area contributed by atoms with Crippen molar-refractivity contribution in [2.75, 3.05) is 25.0 Å². The Morgan fingerprint density at radius 3 is 2.94 bits per heavy atom. The molecule has 0 spiro atoms. The van der Waals surface area contributed by atoms with Gasteiger partial charge in [0.2, 0.25) is 5.91 Å². The van der Waals surface area contributed by atoms with E-state index in [0.29, 0.717) is 30.2 Å². The molecule has 3 N–H and O–H groups in total. The van der Waals surface area contributed by atoms with Gasteiger partial charge in [-0.25, -0.2) is 13.8 Å². The fraction of sp³-hybridized carbons (Fsp3) is 0.500. The highest BCUT2D eigenvalue weighted by Crippen LogP contribution is 2.44. The van der Waals surface area contributed by atoms with Gasteiger partial charge in [-0.3, -0.25) is 9.69 Å². The summed E-state index contributed by atoms with van der Waals surface area (Å²) in [5, 5.41) is 18.1. The molecule has 7 nitrogen and oxygen atoms in total. The van der Waals surface area contributed by atoms with Gasteiger partial charge in [-0.1, -0.05) is 0 Å². The van der Waals surface area contributed by atoms with E-state index in [-0.39, 0.29) is 42.7 Å². The van der Waals surface area contributed by atoms with E-state index >= 15 is 0 Å². The van der Waals surface area contributed by atoms with Crippen LogP contribution in [0.5, 0.6) is 0 Å². The minimum Gasteiger partial charge on any atom is -0.384 e.